The molecule has 96 valence electrons. The minimum absolute atomic E-state index is 0.0693. The van der Waals surface area contributed by atoms with Crippen LogP contribution in [0.4, 0.5) is 5.69 Å². The lowest BCUT2D eigenvalue weighted by Gasteiger charge is -2.42. The molecule has 2 amide bonds. The van der Waals surface area contributed by atoms with Gasteiger partial charge in [0, 0.05) is 5.69 Å². The molecule has 1 aliphatic rings. The van der Waals surface area contributed by atoms with Crippen LogP contribution in [0.5, 0.6) is 0 Å². The van der Waals surface area contributed by atoms with Gasteiger partial charge < -0.3 is 5.32 Å². The summed E-state index contributed by atoms with van der Waals surface area (Å²) in [5, 5.41) is 2.78. The summed E-state index contributed by atoms with van der Waals surface area (Å²) in [5.41, 5.74) is -0.0734. The summed E-state index contributed by atoms with van der Waals surface area (Å²) in [7, 11) is 0. The Morgan fingerprint density at radius 1 is 1.22 bits per heavy atom. The molecule has 1 saturated heterocycles. The van der Waals surface area contributed by atoms with Gasteiger partial charge in [-0.05, 0) is 32.4 Å². The third-order valence-electron chi connectivity index (χ3n) is 3.22. The van der Waals surface area contributed by atoms with E-state index in [0.717, 1.165) is 5.69 Å². The number of carbonyl (C=O) groups is 2. The molecule has 0 bridgehead atoms. The highest BCUT2D eigenvalue weighted by atomic mass is 16.2. The maximum absolute atomic E-state index is 12.5. The van der Waals surface area contributed by atoms with Crippen LogP contribution in [-0.4, -0.2) is 23.4 Å². The lowest BCUT2D eigenvalue weighted by atomic mass is 9.95. The first-order valence-corrected chi connectivity index (χ1v) is 6.18. The van der Waals surface area contributed by atoms with Crippen molar-refractivity contribution in [2.75, 3.05) is 4.90 Å². The van der Waals surface area contributed by atoms with E-state index in [1.807, 2.05) is 37.3 Å². The van der Waals surface area contributed by atoms with E-state index >= 15 is 0 Å². The predicted octanol–water partition coefficient (Wildman–Crippen LogP) is 1.71. The Labute approximate surface area is 107 Å². The van der Waals surface area contributed by atoms with Crippen molar-refractivity contribution in [3.05, 3.63) is 30.3 Å². The second kappa shape index (κ2) is 4.44. The quantitative estimate of drug-likeness (QED) is 0.863. The number of anilines is 1. The number of amides is 2. The van der Waals surface area contributed by atoms with Crippen LogP contribution >= 0.6 is 0 Å². The van der Waals surface area contributed by atoms with Crippen LogP contribution in [-0.2, 0) is 9.59 Å². The van der Waals surface area contributed by atoms with Gasteiger partial charge in [0.25, 0.3) is 5.91 Å². The fourth-order valence-electron chi connectivity index (χ4n) is 2.26. The summed E-state index contributed by atoms with van der Waals surface area (Å²) < 4.78 is 0. The number of hydrogen-bond donors (Lipinski definition) is 1. The number of nitrogens with one attached hydrogen (secondary N) is 1. The van der Waals surface area contributed by atoms with Gasteiger partial charge in [-0.25, -0.2) is 0 Å². The van der Waals surface area contributed by atoms with Crippen LogP contribution in [0, 0.1) is 0 Å². The fourth-order valence-corrected chi connectivity index (χ4v) is 2.26. The van der Waals surface area contributed by atoms with Crippen molar-refractivity contribution in [1.82, 2.24) is 5.32 Å². The van der Waals surface area contributed by atoms with Crippen molar-refractivity contribution in [1.29, 1.82) is 0 Å². The second-order valence-electron chi connectivity index (χ2n) is 5.05. The van der Waals surface area contributed by atoms with Crippen LogP contribution in [0.3, 0.4) is 0 Å². The van der Waals surface area contributed by atoms with E-state index in [2.05, 4.69) is 5.32 Å². The molecule has 0 aliphatic carbocycles. The summed E-state index contributed by atoms with van der Waals surface area (Å²) in [5.74, 6) is -0.161. The van der Waals surface area contributed by atoms with E-state index in [-0.39, 0.29) is 11.8 Å². The highest BCUT2D eigenvalue weighted by molar-refractivity contribution is 6.10. The van der Waals surface area contributed by atoms with Gasteiger partial charge in [-0.2, -0.15) is 0 Å². The molecule has 1 atom stereocenters. The van der Waals surface area contributed by atoms with Gasteiger partial charge in [-0.1, -0.05) is 25.1 Å². The monoisotopic (exact) mass is 246 g/mol. The third-order valence-corrected chi connectivity index (χ3v) is 3.22. The fraction of sp³-hybridized carbons (Fsp3) is 0.429. The largest absolute Gasteiger partial charge is 0.340 e. The molecule has 1 aromatic rings. The number of nitrogens with zero attached hydrogens (tertiary/aromatic N) is 1. The highest BCUT2D eigenvalue weighted by Crippen LogP contribution is 2.26. The zero-order valence-corrected chi connectivity index (χ0v) is 10.9. The molecule has 0 spiro atoms. The van der Waals surface area contributed by atoms with Crippen molar-refractivity contribution < 1.29 is 9.59 Å². The summed E-state index contributed by atoms with van der Waals surface area (Å²) in [4.78, 5) is 26.1. The molecule has 0 aromatic heterocycles. The van der Waals surface area contributed by atoms with E-state index in [1.165, 1.54) is 0 Å². The third kappa shape index (κ3) is 1.98. The molecule has 1 N–H and O–H groups in total. The van der Waals surface area contributed by atoms with Crippen molar-refractivity contribution in [2.24, 2.45) is 0 Å². The van der Waals surface area contributed by atoms with Gasteiger partial charge in [0.1, 0.15) is 11.6 Å². The summed E-state index contributed by atoms with van der Waals surface area (Å²) in [6.45, 7) is 5.37. The predicted molar refractivity (Wildman–Crippen MR) is 70.2 cm³/mol. The number of rotatable bonds is 2. The van der Waals surface area contributed by atoms with Crippen LogP contribution in [0.1, 0.15) is 27.2 Å². The van der Waals surface area contributed by atoms with E-state index in [1.54, 1.807) is 18.7 Å². The Balaban J connectivity index is 2.46. The van der Waals surface area contributed by atoms with Gasteiger partial charge in [-0.3, -0.25) is 14.5 Å². The second-order valence-corrected chi connectivity index (χ2v) is 5.05. The van der Waals surface area contributed by atoms with Crippen molar-refractivity contribution >= 4 is 17.5 Å². The minimum Gasteiger partial charge on any atom is -0.340 e. The molecule has 0 radical (unpaired) electrons. The molecule has 18 heavy (non-hydrogen) atoms. The van der Waals surface area contributed by atoms with Crippen LogP contribution in [0.15, 0.2) is 30.3 Å². The standard InChI is InChI=1S/C14H18N2O2/c1-4-11-12(17)15-14(2,3)13(18)16(11)10-8-6-5-7-9-10/h5-9,11H,4H2,1-3H3,(H,15,17). The van der Waals surface area contributed by atoms with Crippen molar-refractivity contribution in [2.45, 2.75) is 38.8 Å². The first kappa shape index (κ1) is 12.6. The van der Waals surface area contributed by atoms with Gasteiger partial charge in [0.2, 0.25) is 5.91 Å². The molecule has 0 saturated carbocycles. The lowest BCUT2D eigenvalue weighted by molar-refractivity contribution is -0.137. The van der Waals surface area contributed by atoms with Crippen LogP contribution < -0.4 is 10.2 Å². The first-order valence-electron chi connectivity index (χ1n) is 6.18. The summed E-state index contributed by atoms with van der Waals surface area (Å²) >= 11 is 0. The van der Waals surface area contributed by atoms with Gasteiger partial charge >= 0.3 is 0 Å². The lowest BCUT2D eigenvalue weighted by Crippen LogP contribution is -2.68. The zero-order valence-electron chi connectivity index (χ0n) is 10.9. The van der Waals surface area contributed by atoms with Gasteiger partial charge in [0.15, 0.2) is 0 Å². The molecule has 1 heterocycles. The normalized spacial score (nSPS) is 22.8. The minimum atomic E-state index is -0.849. The first-order chi connectivity index (χ1) is 8.47. The number of benzene rings is 1. The average Bonchev–Trinajstić information content (AvgIpc) is 2.34. The van der Waals surface area contributed by atoms with Crippen LogP contribution in [0.2, 0.25) is 0 Å². The van der Waals surface area contributed by atoms with Gasteiger partial charge in [-0.15, -0.1) is 0 Å². The molecule has 1 aromatic carbocycles. The van der Waals surface area contributed by atoms with E-state index < -0.39 is 11.6 Å². The number of piperazine rings is 1. The Kier molecular flexibility index (Phi) is 3.11. The molecule has 1 unspecified atom stereocenters. The number of para-hydroxylation sites is 1. The van der Waals surface area contributed by atoms with Crippen LogP contribution in [0.25, 0.3) is 0 Å². The topological polar surface area (TPSA) is 49.4 Å². The summed E-state index contributed by atoms with van der Waals surface area (Å²) in [6, 6.07) is 8.92. The Hall–Kier alpha value is -1.84. The number of carbonyl (C=O) groups excluding carboxylic acids is 2. The molecule has 4 heteroatoms. The highest BCUT2D eigenvalue weighted by Gasteiger charge is 2.45. The Morgan fingerprint density at radius 2 is 1.83 bits per heavy atom. The van der Waals surface area contributed by atoms with Crippen molar-refractivity contribution in [3.63, 3.8) is 0 Å². The molecule has 1 fully saturated rings. The zero-order chi connectivity index (χ0) is 13.3. The molecular formula is C14H18N2O2. The summed E-state index contributed by atoms with van der Waals surface area (Å²) in [6.07, 6.45) is 0.600. The maximum atomic E-state index is 12.5. The molecule has 2 rings (SSSR count). The Bertz CT molecular complexity index is 468. The van der Waals surface area contributed by atoms with E-state index in [4.69, 9.17) is 0 Å². The molecule has 1 aliphatic heterocycles. The van der Waals surface area contributed by atoms with Gasteiger partial charge in [0.05, 0.1) is 0 Å². The Morgan fingerprint density at radius 3 is 2.39 bits per heavy atom. The van der Waals surface area contributed by atoms with E-state index in [9.17, 15) is 9.59 Å². The average molecular weight is 246 g/mol. The number of hydrogen-bond acceptors (Lipinski definition) is 2. The SMILES string of the molecule is CCC1C(=O)NC(C)(C)C(=O)N1c1ccccc1. The smallest absolute Gasteiger partial charge is 0.252 e. The van der Waals surface area contributed by atoms with E-state index in [0.29, 0.717) is 6.42 Å². The molecular weight excluding hydrogens is 228 g/mol. The van der Waals surface area contributed by atoms with Crippen molar-refractivity contribution in [3.8, 4) is 0 Å². The maximum Gasteiger partial charge on any atom is 0.252 e. The molecule has 4 nitrogen and oxygen atoms in total.